The van der Waals surface area contributed by atoms with E-state index in [-0.39, 0.29) is 0 Å². The Kier molecular flexibility index (Phi) is 3.42. The van der Waals surface area contributed by atoms with Gasteiger partial charge in [-0.3, -0.25) is 14.8 Å². The second-order valence-electron chi connectivity index (χ2n) is 1.81. The third-order valence-electron chi connectivity index (χ3n) is 1.14. The van der Waals surface area contributed by atoms with Gasteiger partial charge in [-0.15, -0.1) is 0 Å². The van der Waals surface area contributed by atoms with Crippen LogP contribution in [0.15, 0.2) is 0 Å². The average molecular weight is 146 g/mol. The zero-order valence-electron chi connectivity index (χ0n) is 5.84. The van der Waals surface area contributed by atoms with Gasteiger partial charge in [0.25, 0.3) is 5.91 Å². The second-order valence-corrected chi connectivity index (χ2v) is 1.81. The highest BCUT2D eigenvalue weighted by Crippen LogP contribution is 1.92. The van der Waals surface area contributed by atoms with Crippen LogP contribution < -0.4 is 10.8 Å². The highest BCUT2D eigenvalue weighted by molar-refractivity contribution is 5.99. The minimum Gasteiger partial charge on any atom is -0.358 e. The summed E-state index contributed by atoms with van der Waals surface area (Å²) in [5.74, 6) is -1.99. The van der Waals surface area contributed by atoms with Crippen LogP contribution in [0.3, 0.4) is 0 Å². The van der Waals surface area contributed by atoms with Crippen molar-refractivity contribution >= 4 is 11.8 Å². The molecule has 2 amide bonds. The molecule has 10 heavy (non-hydrogen) atoms. The van der Waals surface area contributed by atoms with E-state index in [1.807, 2.05) is 0 Å². The minimum absolute atomic E-state index is 0.424. The first kappa shape index (κ1) is 8.90. The Hall–Kier alpha value is -1.10. The minimum atomic E-state index is -0.852. The van der Waals surface area contributed by atoms with Gasteiger partial charge in [-0.05, 0) is 6.92 Å². The van der Waals surface area contributed by atoms with Crippen LogP contribution in [-0.2, 0) is 9.59 Å². The summed E-state index contributed by atoms with van der Waals surface area (Å²) in [5, 5.41) is 10.3. The molecular weight excluding hydrogens is 136 g/mol. The number of hydrogen-bond donors (Lipinski definition) is 3. The molecule has 0 spiro atoms. The lowest BCUT2D eigenvalue weighted by Gasteiger charge is -2.05. The molecule has 0 radical (unpaired) electrons. The molecule has 0 aliphatic heterocycles. The van der Waals surface area contributed by atoms with Crippen molar-refractivity contribution in [2.24, 2.45) is 5.92 Å². The van der Waals surface area contributed by atoms with E-state index < -0.39 is 17.7 Å². The molecule has 1 atom stereocenters. The number of rotatable bonds is 2. The van der Waals surface area contributed by atoms with Crippen LogP contribution in [0.2, 0.25) is 0 Å². The van der Waals surface area contributed by atoms with Gasteiger partial charge >= 0.3 is 0 Å². The molecule has 0 bridgehead atoms. The second kappa shape index (κ2) is 3.84. The van der Waals surface area contributed by atoms with Gasteiger partial charge in [0.2, 0.25) is 5.91 Å². The predicted octanol–water partition coefficient (Wildman–Crippen LogP) is -1.13. The van der Waals surface area contributed by atoms with E-state index >= 15 is 0 Å². The summed E-state index contributed by atoms with van der Waals surface area (Å²) in [4.78, 5) is 21.1. The molecular formula is C5H10N2O3. The van der Waals surface area contributed by atoms with Crippen LogP contribution in [0.1, 0.15) is 6.92 Å². The molecule has 5 heteroatoms. The van der Waals surface area contributed by atoms with Crippen molar-refractivity contribution in [3.8, 4) is 0 Å². The fourth-order valence-corrected chi connectivity index (χ4v) is 0.432. The predicted molar refractivity (Wildman–Crippen MR) is 33.2 cm³/mol. The van der Waals surface area contributed by atoms with Crippen molar-refractivity contribution in [1.82, 2.24) is 10.8 Å². The zero-order chi connectivity index (χ0) is 8.15. The summed E-state index contributed by atoms with van der Waals surface area (Å²) >= 11 is 0. The van der Waals surface area contributed by atoms with Crippen molar-refractivity contribution in [2.45, 2.75) is 6.92 Å². The molecule has 0 saturated carbocycles. The normalized spacial score (nSPS) is 11.9. The van der Waals surface area contributed by atoms with E-state index in [2.05, 4.69) is 5.32 Å². The van der Waals surface area contributed by atoms with Gasteiger partial charge < -0.3 is 5.32 Å². The highest BCUT2D eigenvalue weighted by Gasteiger charge is 2.18. The lowest BCUT2D eigenvalue weighted by Crippen LogP contribution is -2.36. The molecule has 0 heterocycles. The largest absolute Gasteiger partial charge is 0.358 e. The molecule has 1 unspecified atom stereocenters. The van der Waals surface area contributed by atoms with E-state index in [1.165, 1.54) is 19.5 Å². The molecule has 0 aliphatic carbocycles. The zero-order valence-corrected chi connectivity index (χ0v) is 5.84. The third kappa shape index (κ3) is 2.02. The number of hydroxylamine groups is 1. The smallest absolute Gasteiger partial charge is 0.255 e. The van der Waals surface area contributed by atoms with Crippen LogP contribution in [-0.4, -0.2) is 24.1 Å². The molecule has 0 aromatic carbocycles. The van der Waals surface area contributed by atoms with Gasteiger partial charge in [0.05, 0.1) is 0 Å². The maximum Gasteiger partial charge on any atom is 0.255 e. The Bertz CT molecular complexity index is 130. The van der Waals surface area contributed by atoms with Crippen molar-refractivity contribution in [3.63, 3.8) is 0 Å². The van der Waals surface area contributed by atoms with Crippen LogP contribution in [0.5, 0.6) is 0 Å². The summed E-state index contributed by atoms with van der Waals surface area (Å²) in [7, 11) is 1.42. The average Bonchev–Trinajstić information content (AvgIpc) is 2.00. The maximum absolute atomic E-state index is 10.6. The molecule has 0 saturated heterocycles. The molecule has 0 rings (SSSR count). The lowest BCUT2D eigenvalue weighted by atomic mass is 10.1. The standard InChI is InChI=1S/C5H10N2O3/c1-3(4(8)6-2)5(9)7-10/h3,10H,1-2H3,(H,6,8)(H,7,9). The summed E-state index contributed by atoms with van der Waals surface area (Å²) in [6.07, 6.45) is 0. The van der Waals surface area contributed by atoms with Gasteiger partial charge in [0.1, 0.15) is 5.92 Å². The first-order chi connectivity index (χ1) is 4.63. The Morgan fingerprint density at radius 2 is 1.90 bits per heavy atom. The van der Waals surface area contributed by atoms with Gasteiger partial charge in [-0.2, -0.15) is 0 Å². The van der Waals surface area contributed by atoms with Crippen LogP contribution in [0, 0.1) is 5.92 Å². The molecule has 3 N–H and O–H groups in total. The quantitative estimate of drug-likeness (QED) is 0.262. The van der Waals surface area contributed by atoms with E-state index in [4.69, 9.17) is 5.21 Å². The number of nitrogens with one attached hydrogen (secondary N) is 2. The third-order valence-corrected chi connectivity index (χ3v) is 1.14. The van der Waals surface area contributed by atoms with Crippen LogP contribution in [0.4, 0.5) is 0 Å². The van der Waals surface area contributed by atoms with Crippen molar-refractivity contribution in [1.29, 1.82) is 0 Å². The molecule has 58 valence electrons. The van der Waals surface area contributed by atoms with Gasteiger partial charge in [0.15, 0.2) is 0 Å². The van der Waals surface area contributed by atoms with Crippen LogP contribution >= 0.6 is 0 Å². The summed E-state index contributed by atoms with van der Waals surface area (Å²) in [6, 6.07) is 0. The monoisotopic (exact) mass is 146 g/mol. The number of hydrogen-bond acceptors (Lipinski definition) is 3. The Balaban J connectivity index is 3.94. The van der Waals surface area contributed by atoms with E-state index in [0.717, 1.165) is 0 Å². The lowest BCUT2D eigenvalue weighted by molar-refractivity contribution is -0.139. The number of amides is 2. The fourth-order valence-electron chi connectivity index (χ4n) is 0.432. The molecule has 0 aliphatic rings. The molecule has 5 nitrogen and oxygen atoms in total. The SMILES string of the molecule is CNC(=O)C(C)C(=O)NO. The topological polar surface area (TPSA) is 78.4 Å². The van der Waals surface area contributed by atoms with E-state index in [1.54, 1.807) is 0 Å². The molecule has 0 fully saturated rings. The van der Waals surface area contributed by atoms with Gasteiger partial charge in [-0.25, -0.2) is 5.48 Å². The summed E-state index contributed by atoms with van der Waals surface area (Å²) in [5.41, 5.74) is 1.38. The Morgan fingerprint density at radius 1 is 1.40 bits per heavy atom. The van der Waals surface area contributed by atoms with Crippen LogP contribution in [0.25, 0.3) is 0 Å². The summed E-state index contributed by atoms with van der Waals surface area (Å²) in [6.45, 7) is 1.39. The van der Waals surface area contributed by atoms with Crippen molar-refractivity contribution in [2.75, 3.05) is 7.05 Å². The molecule has 0 aromatic heterocycles. The Labute approximate surface area is 58.4 Å². The van der Waals surface area contributed by atoms with Gasteiger partial charge in [-0.1, -0.05) is 0 Å². The van der Waals surface area contributed by atoms with Crippen molar-refractivity contribution < 1.29 is 14.8 Å². The van der Waals surface area contributed by atoms with Gasteiger partial charge in [0, 0.05) is 7.05 Å². The maximum atomic E-state index is 10.6. The number of carbonyl (C=O) groups excluding carboxylic acids is 2. The summed E-state index contributed by atoms with van der Waals surface area (Å²) < 4.78 is 0. The highest BCUT2D eigenvalue weighted by atomic mass is 16.5. The Morgan fingerprint density at radius 3 is 2.20 bits per heavy atom. The van der Waals surface area contributed by atoms with Crippen molar-refractivity contribution in [3.05, 3.63) is 0 Å². The van der Waals surface area contributed by atoms with E-state index in [9.17, 15) is 9.59 Å². The first-order valence-electron chi connectivity index (χ1n) is 2.79. The first-order valence-corrected chi connectivity index (χ1v) is 2.79. The number of carbonyl (C=O) groups is 2. The van der Waals surface area contributed by atoms with E-state index in [0.29, 0.717) is 0 Å². The molecule has 0 aromatic rings. The fraction of sp³-hybridized carbons (Fsp3) is 0.600.